The molecule has 1 fully saturated rings. The van der Waals surface area contributed by atoms with Gasteiger partial charge in [-0.25, -0.2) is 4.79 Å². The van der Waals surface area contributed by atoms with Crippen molar-refractivity contribution in [1.82, 2.24) is 9.80 Å². The molecule has 8 heteroatoms. The van der Waals surface area contributed by atoms with Gasteiger partial charge in [0.1, 0.15) is 5.60 Å². The average molecular weight is 378 g/mol. The van der Waals surface area contributed by atoms with E-state index in [-0.39, 0.29) is 17.1 Å². The molecule has 0 aromatic heterocycles. The van der Waals surface area contributed by atoms with Crippen LogP contribution in [-0.4, -0.2) is 58.7 Å². The third kappa shape index (κ3) is 5.08. The summed E-state index contributed by atoms with van der Waals surface area (Å²) in [4.78, 5) is 28.4. The Kier molecular flexibility index (Phi) is 6.07. The number of rotatable bonds is 2. The summed E-state index contributed by atoms with van der Waals surface area (Å²) in [6.07, 6.45) is -0.351. The molecule has 0 aliphatic carbocycles. The van der Waals surface area contributed by atoms with Crippen molar-refractivity contribution in [3.63, 3.8) is 0 Å². The van der Waals surface area contributed by atoms with Gasteiger partial charge in [0.05, 0.1) is 11.3 Å². The van der Waals surface area contributed by atoms with E-state index >= 15 is 0 Å². The lowest BCUT2D eigenvalue weighted by Crippen LogP contribution is -2.51. The zero-order chi connectivity index (χ0) is 19.5. The fourth-order valence-electron chi connectivity index (χ4n) is 2.72. The van der Waals surface area contributed by atoms with E-state index in [4.69, 9.17) is 22.7 Å². The molecule has 142 valence electrons. The second-order valence-electron chi connectivity index (χ2n) is 7.25. The molecule has 1 aliphatic heterocycles. The summed E-state index contributed by atoms with van der Waals surface area (Å²) in [5, 5.41) is 3.01. The fraction of sp³-hybridized carbons (Fsp3) is 0.500. The summed E-state index contributed by atoms with van der Waals surface area (Å²) in [6.45, 7) is 9.14. The molecule has 0 spiro atoms. The number of nitrogens with two attached hydrogens (primary N) is 1. The molecular weight excluding hydrogens is 352 g/mol. The fourth-order valence-corrected chi connectivity index (χ4v) is 2.83. The van der Waals surface area contributed by atoms with E-state index in [0.717, 1.165) is 5.56 Å². The van der Waals surface area contributed by atoms with Crippen LogP contribution in [0.5, 0.6) is 0 Å². The van der Waals surface area contributed by atoms with Crippen LogP contribution in [-0.2, 0) is 4.74 Å². The number of para-hydroxylation sites is 1. The molecule has 7 nitrogen and oxygen atoms in total. The van der Waals surface area contributed by atoms with Crippen LogP contribution in [0, 0.1) is 6.92 Å². The van der Waals surface area contributed by atoms with E-state index < -0.39 is 5.60 Å². The number of hydrogen-bond acceptors (Lipinski definition) is 4. The number of aryl methyl sites for hydroxylation is 1. The zero-order valence-corrected chi connectivity index (χ0v) is 16.5. The van der Waals surface area contributed by atoms with Crippen LogP contribution in [0.1, 0.15) is 36.7 Å². The van der Waals surface area contributed by atoms with Crippen molar-refractivity contribution in [3.8, 4) is 0 Å². The Morgan fingerprint density at radius 1 is 1.15 bits per heavy atom. The Labute approximate surface area is 159 Å². The number of thiocarbonyl (C=S) groups is 1. The summed E-state index contributed by atoms with van der Waals surface area (Å²) >= 11 is 4.91. The molecule has 0 atom stereocenters. The van der Waals surface area contributed by atoms with Gasteiger partial charge in [-0.05, 0) is 51.5 Å². The van der Waals surface area contributed by atoms with Crippen molar-refractivity contribution in [1.29, 1.82) is 0 Å². The van der Waals surface area contributed by atoms with Crippen LogP contribution in [0.2, 0.25) is 0 Å². The highest BCUT2D eigenvalue weighted by Crippen LogP contribution is 2.23. The van der Waals surface area contributed by atoms with Crippen molar-refractivity contribution < 1.29 is 14.3 Å². The number of nitrogens with zero attached hydrogens (tertiary/aromatic N) is 2. The van der Waals surface area contributed by atoms with Crippen LogP contribution < -0.4 is 11.1 Å². The van der Waals surface area contributed by atoms with E-state index in [2.05, 4.69) is 5.32 Å². The zero-order valence-electron chi connectivity index (χ0n) is 15.7. The highest BCUT2D eigenvalue weighted by molar-refractivity contribution is 7.80. The molecule has 3 N–H and O–H groups in total. The molecule has 26 heavy (non-hydrogen) atoms. The number of carbonyl (C=O) groups is 2. The van der Waals surface area contributed by atoms with Crippen molar-refractivity contribution >= 4 is 35.0 Å². The molecule has 0 bridgehead atoms. The smallest absolute Gasteiger partial charge is 0.410 e. The predicted octanol–water partition coefficient (Wildman–Crippen LogP) is 2.34. The number of carbonyl (C=O) groups excluding carboxylic acids is 2. The first-order valence-corrected chi connectivity index (χ1v) is 8.92. The van der Waals surface area contributed by atoms with Gasteiger partial charge in [-0.2, -0.15) is 0 Å². The summed E-state index contributed by atoms with van der Waals surface area (Å²) in [7, 11) is 0. The molecule has 1 aromatic rings. The second-order valence-corrected chi connectivity index (χ2v) is 7.69. The van der Waals surface area contributed by atoms with Crippen LogP contribution in [0.3, 0.4) is 0 Å². The molecule has 2 rings (SSSR count). The van der Waals surface area contributed by atoms with E-state index in [0.29, 0.717) is 37.4 Å². The van der Waals surface area contributed by atoms with Gasteiger partial charge in [0, 0.05) is 26.2 Å². The molecule has 1 heterocycles. The first-order chi connectivity index (χ1) is 12.1. The number of piperazine rings is 1. The minimum absolute atomic E-state index is 0.114. The Bertz CT molecular complexity index is 707. The third-order valence-corrected chi connectivity index (χ3v) is 4.07. The minimum Gasteiger partial charge on any atom is -0.444 e. The van der Waals surface area contributed by atoms with Crippen LogP contribution >= 0.6 is 12.2 Å². The number of hydrogen-bond donors (Lipinski definition) is 2. The Balaban J connectivity index is 2.06. The van der Waals surface area contributed by atoms with Gasteiger partial charge in [-0.3, -0.25) is 4.79 Å². The summed E-state index contributed by atoms with van der Waals surface area (Å²) in [5.41, 5.74) is 7.07. The van der Waals surface area contributed by atoms with Gasteiger partial charge < -0.3 is 25.6 Å². The van der Waals surface area contributed by atoms with Gasteiger partial charge in [-0.15, -0.1) is 0 Å². The molecule has 1 aromatic carbocycles. The molecule has 1 saturated heterocycles. The van der Waals surface area contributed by atoms with Crippen LogP contribution in [0.15, 0.2) is 18.2 Å². The van der Waals surface area contributed by atoms with Crippen LogP contribution in [0.25, 0.3) is 0 Å². The van der Waals surface area contributed by atoms with E-state index in [1.54, 1.807) is 15.9 Å². The normalized spacial score (nSPS) is 14.8. The Morgan fingerprint density at radius 3 is 2.27 bits per heavy atom. The van der Waals surface area contributed by atoms with Crippen molar-refractivity contribution in [2.45, 2.75) is 33.3 Å². The van der Waals surface area contributed by atoms with Crippen molar-refractivity contribution in [2.75, 3.05) is 31.5 Å². The first-order valence-electron chi connectivity index (χ1n) is 8.52. The van der Waals surface area contributed by atoms with Crippen molar-refractivity contribution in [3.05, 3.63) is 29.3 Å². The third-order valence-electron chi connectivity index (χ3n) is 3.97. The van der Waals surface area contributed by atoms with Gasteiger partial charge in [0.25, 0.3) is 5.91 Å². The quantitative estimate of drug-likeness (QED) is 0.768. The Morgan fingerprint density at radius 2 is 1.73 bits per heavy atom. The standard InChI is InChI=1S/C18H26N4O3S/c1-12-6-5-7-13(14(12)20-16(19)26)15(23)21-8-10-22(11-9-21)17(24)25-18(2,3)4/h5-7H,8-11H2,1-4H3,(H3,19,20,26). The largest absolute Gasteiger partial charge is 0.444 e. The van der Waals surface area contributed by atoms with Crippen LogP contribution in [0.4, 0.5) is 10.5 Å². The number of nitrogens with one attached hydrogen (secondary N) is 1. The molecule has 0 radical (unpaired) electrons. The van der Waals surface area contributed by atoms with Crippen molar-refractivity contribution in [2.24, 2.45) is 5.73 Å². The second kappa shape index (κ2) is 7.90. The first kappa shape index (κ1) is 20.0. The summed E-state index contributed by atoms with van der Waals surface area (Å²) in [6, 6.07) is 5.46. The van der Waals surface area contributed by atoms with E-state index in [1.165, 1.54) is 0 Å². The molecule has 0 unspecified atom stereocenters. The monoisotopic (exact) mass is 378 g/mol. The maximum absolute atomic E-state index is 12.9. The minimum atomic E-state index is -0.535. The highest BCUT2D eigenvalue weighted by atomic mass is 32.1. The lowest BCUT2D eigenvalue weighted by Gasteiger charge is -2.36. The number of ether oxygens (including phenoxy) is 1. The topological polar surface area (TPSA) is 87.9 Å². The SMILES string of the molecule is Cc1cccc(C(=O)N2CCN(C(=O)OC(C)(C)C)CC2)c1NC(N)=S. The van der Waals surface area contributed by atoms with Gasteiger partial charge in [0.15, 0.2) is 5.11 Å². The maximum atomic E-state index is 12.9. The van der Waals surface area contributed by atoms with E-state index in [9.17, 15) is 9.59 Å². The number of amides is 2. The molecule has 1 aliphatic rings. The molecular formula is C18H26N4O3S. The highest BCUT2D eigenvalue weighted by Gasteiger charge is 2.29. The maximum Gasteiger partial charge on any atom is 0.410 e. The lowest BCUT2D eigenvalue weighted by atomic mass is 10.1. The predicted molar refractivity (Wildman–Crippen MR) is 105 cm³/mol. The van der Waals surface area contributed by atoms with Gasteiger partial charge in [0.2, 0.25) is 0 Å². The average Bonchev–Trinajstić information content (AvgIpc) is 2.54. The van der Waals surface area contributed by atoms with E-state index in [1.807, 2.05) is 39.8 Å². The Hall–Kier alpha value is -2.35. The molecule has 0 saturated carbocycles. The number of anilines is 1. The van der Waals surface area contributed by atoms with Gasteiger partial charge >= 0.3 is 6.09 Å². The summed E-state index contributed by atoms with van der Waals surface area (Å²) in [5.74, 6) is -0.115. The molecule has 2 amide bonds. The number of benzene rings is 1. The van der Waals surface area contributed by atoms with Gasteiger partial charge in [-0.1, -0.05) is 12.1 Å². The lowest BCUT2D eigenvalue weighted by molar-refractivity contribution is 0.0141. The summed E-state index contributed by atoms with van der Waals surface area (Å²) < 4.78 is 5.38.